The van der Waals surface area contributed by atoms with Gasteiger partial charge in [-0.3, -0.25) is 0 Å². The van der Waals surface area contributed by atoms with Gasteiger partial charge in [0.15, 0.2) is 0 Å². The first-order chi connectivity index (χ1) is 8.89. The van der Waals surface area contributed by atoms with Crippen molar-refractivity contribution in [3.05, 3.63) is 59.7 Å². The molecule has 0 radical (unpaired) electrons. The fourth-order valence-electron chi connectivity index (χ4n) is 1.97. The summed E-state index contributed by atoms with van der Waals surface area (Å²) < 4.78 is 38.9. The minimum Gasteiger partial charge on any atom is -0.324 e. The number of halogens is 3. The molecule has 2 N–H and O–H groups in total. The minimum atomic E-state index is -4.36. The lowest BCUT2D eigenvalue weighted by Gasteiger charge is -2.14. The Morgan fingerprint density at radius 1 is 1.00 bits per heavy atom. The standard InChI is InChI=1S/C15H14F3N/c1-10(19)11-5-4-6-12(9-11)13-7-2-3-8-14(13)15(16,17)18/h2-10H,19H2,1H3. The molecule has 19 heavy (non-hydrogen) atoms. The smallest absolute Gasteiger partial charge is 0.324 e. The quantitative estimate of drug-likeness (QED) is 0.856. The number of hydrogen-bond acceptors (Lipinski definition) is 1. The summed E-state index contributed by atoms with van der Waals surface area (Å²) in [5.41, 5.74) is 6.66. The molecule has 0 spiro atoms. The average molecular weight is 265 g/mol. The molecule has 1 unspecified atom stereocenters. The lowest BCUT2D eigenvalue weighted by molar-refractivity contribution is -0.137. The molecule has 1 atom stereocenters. The van der Waals surface area contributed by atoms with Crippen LogP contribution in [0.25, 0.3) is 11.1 Å². The zero-order valence-electron chi connectivity index (χ0n) is 10.4. The molecule has 0 saturated carbocycles. The fourth-order valence-corrected chi connectivity index (χ4v) is 1.97. The van der Waals surface area contributed by atoms with E-state index < -0.39 is 11.7 Å². The summed E-state index contributed by atoms with van der Waals surface area (Å²) in [5.74, 6) is 0. The average Bonchev–Trinajstić information content (AvgIpc) is 2.38. The molecule has 0 bridgehead atoms. The van der Waals surface area contributed by atoms with E-state index in [4.69, 9.17) is 5.73 Å². The molecule has 0 aromatic heterocycles. The highest BCUT2D eigenvalue weighted by Crippen LogP contribution is 2.37. The van der Waals surface area contributed by atoms with Gasteiger partial charge in [0.1, 0.15) is 0 Å². The summed E-state index contributed by atoms with van der Waals surface area (Å²) in [4.78, 5) is 0. The first kappa shape index (κ1) is 13.6. The van der Waals surface area contributed by atoms with Gasteiger partial charge in [-0.1, -0.05) is 36.4 Å². The van der Waals surface area contributed by atoms with Crippen molar-refractivity contribution in [2.45, 2.75) is 19.1 Å². The normalized spacial score (nSPS) is 13.3. The summed E-state index contributed by atoms with van der Waals surface area (Å²) in [7, 11) is 0. The van der Waals surface area contributed by atoms with Gasteiger partial charge in [-0.05, 0) is 35.7 Å². The number of benzene rings is 2. The predicted molar refractivity (Wildman–Crippen MR) is 69.5 cm³/mol. The Bertz CT molecular complexity index is 574. The van der Waals surface area contributed by atoms with Crippen LogP contribution < -0.4 is 5.73 Å². The summed E-state index contributed by atoms with van der Waals surface area (Å²) in [6.45, 7) is 1.80. The molecule has 0 fully saturated rings. The van der Waals surface area contributed by atoms with Gasteiger partial charge in [-0.15, -0.1) is 0 Å². The number of alkyl halides is 3. The molecule has 2 aromatic carbocycles. The molecule has 100 valence electrons. The van der Waals surface area contributed by atoms with Crippen LogP contribution in [-0.2, 0) is 6.18 Å². The third-order valence-electron chi connectivity index (χ3n) is 2.96. The zero-order valence-corrected chi connectivity index (χ0v) is 10.4. The van der Waals surface area contributed by atoms with Crippen molar-refractivity contribution in [1.82, 2.24) is 0 Å². The van der Waals surface area contributed by atoms with Crippen LogP contribution in [0, 0.1) is 0 Å². The van der Waals surface area contributed by atoms with E-state index in [1.165, 1.54) is 12.1 Å². The van der Waals surface area contributed by atoms with E-state index in [-0.39, 0.29) is 11.6 Å². The molecule has 2 rings (SSSR count). The number of hydrogen-bond donors (Lipinski definition) is 1. The lowest BCUT2D eigenvalue weighted by Crippen LogP contribution is -2.08. The van der Waals surface area contributed by atoms with E-state index in [2.05, 4.69) is 0 Å². The maximum atomic E-state index is 13.0. The van der Waals surface area contributed by atoms with E-state index in [0.29, 0.717) is 5.56 Å². The predicted octanol–water partition coefficient (Wildman–Crippen LogP) is 4.39. The Labute approximate surface area is 109 Å². The van der Waals surface area contributed by atoms with Crippen LogP contribution in [0.15, 0.2) is 48.5 Å². The van der Waals surface area contributed by atoms with Crippen LogP contribution >= 0.6 is 0 Å². The molecular formula is C15H14F3N. The van der Waals surface area contributed by atoms with Gasteiger partial charge in [0, 0.05) is 6.04 Å². The van der Waals surface area contributed by atoms with Crippen LogP contribution in [-0.4, -0.2) is 0 Å². The van der Waals surface area contributed by atoms with Gasteiger partial charge >= 0.3 is 6.18 Å². The van der Waals surface area contributed by atoms with E-state index in [0.717, 1.165) is 11.6 Å². The van der Waals surface area contributed by atoms with E-state index >= 15 is 0 Å². The number of nitrogens with two attached hydrogens (primary N) is 1. The van der Waals surface area contributed by atoms with Crippen LogP contribution in [0.2, 0.25) is 0 Å². The van der Waals surface area contributed by atoms with Crippen molar-refractivity contribution in [1.29, 1.82) is 0 Å². The second kappa shape index (κ2) is 5.05. The Balaban J connectivity index is 2.56. The van der Waals surface area contributed by atoms with Crippen molar-refractivity contribution < 1.29 is 13.2 Å². The molecule has 0 saturated heterocycles. The summed E-state index contributed by atoms with van der Waals surface area (Å²) >= 11 is 0. The van der Waals surface area contributed by atoms with Crippen molar-refractivity contribution in [2.75, 3.05) is 0 Å². The van der Waals surface area contributed by atoms with Crippen LogP contribution in [0.4, 0.5) is 13.2 Å². The Hall–Kier alpha value is -1.81. The van der Waals surface area contributed by atoms with Crippen molar-refractivity contribution in [3.63, 3.8) is 0 Å². The number of rotatable bonds is 2. The largest absolute Gasteiger partial charge is 0.417 e. The SMILES string of the molecule is CC(N)c1cccc(-c2ccccc2C(F)(F)F)c1. The minimum absolute atomic E-state index is 0.178. The Kier molecular flexibility index (Phi) is 3.62. The molecule has 0 heterocycles. The summed E-state index contributed by atoms with van der Waals surface area (Å²) in [5, 5.41) is 0. The molecule has 0 aliphatic carbocycles. The highest BCUT2D eigenvalue weighted by Gasteiger charge is 2.33. The van der Waals surface area contributed by atoms with Crippen molar-refractivity contribution >= 4 is 0 Å². The molecular weight excluding hydrogens is 251 g/mol. The van der Waals surface area contributed by atoms with E-state index in [1.54, 1.807) is 31.2 Å². The third kappa shape index (κ3) is 2.96. The van der Waals surface area contributed by atoms with Crippen LogP contribution in [0.1, 0.15) is 24.1 Å². The second-order valence-electron chi connectivity index (χ2n) is 4.46. The highest BCUT2D eigenvalue weighted by molar-refractivity contribution is 5.68. The summed E-state index contributed by atoms with van der Waals surface area (Å²) in [6.07, 6.45) is -4.36. The monoisotopic (exact) mass is 265 g/mol. The molecule has 4 heteroatoms. The molecule has 0 aliphatic heterocycles. The maximum Gasteiger partial charge on any atom is 0.417 e. The van der Waals surface area contributed by atoms with E-state index in [9.17, 15) is 13.2 Å². The van der Waals surface area contributed by atoms with Gasteiger partial charge < -0.3 is 5.73 Å². The molecule has 0 aliphatic rings. The Morgan fingerprint density at radius 2 is 1.68 bits per heavy atom. The van der Waals surface area contributed by atoms with Gasteiger partial charge in [0.05, 0.1) is 5.56 Å². The first-order valence-electron chi connectivity index (χ1n) is 5.92. The molecule has 2 aromatic rings. The van der Waals surface area contributed by atoms with Crippen molar-refractivity contribution in [2.24, 2.45) is 5.73 Å². The van der Waals surface area contributed by atoms with Crippen LogP contribution in [0.3, 0.4) is 0 Å². The second-order valence-corrected chi connectivity index (χ2v) is 4.46. The molecule has 1 nitrogen and oxygen atoms in total. The topological polar surface area (TPSA) is 26.0 Å². The molecule has 0 amide bonds. The zero-order chi connectivity index (χ0) is 14.0. The van der Waals surface area contributed by atoms with Crippen molar-refractivity contribution in [3.8, 4) is 11.1 Å². The fraction of sp³-hybridized carbons (Fsp3) is 0.200. The highest BCUT2D eigenvalue weighted by atomic mass is 19.4. The summed E-state index contributed by atoms with van der Waals surface area (Å²) in [6, 6.07) is 12.2. The first-order valence-corrected chi connectivity index (χ1v) is 5.92. The van der Waals surface area contributed by atoms with Gasteiger partial charge in [-0.25, -0.2) is 0 Å². The third-order valence-corrected chi connectivity index (χ3v) is 2.96. The van der Waals surface area contributed by atoms with Gasteiger partial charge in [-0.2, -0.15) is 13.2 Å². The Morgan fingerprint density at radius 3 is 2.32 bits per heavy atom. The van der Waals surface area contributed by atoms with Crippen LogP contribution in [0.5, 0.6) is 0 Å². The lowest BCUT2D eigenvalue weighted by atomic mass is 9.96. The van der Waals surface area contributed by atoms with Gasteiger partial charge in [0.2, 0.25) is 0 Å². The van der Waals surface area contributed by atoms with Gasteiger partial charge in [0.25, 0.3) is 0 Å². The maximum absolute atomic E-state index is 13.0. The van der Waals surface area contributed by atoms with E-state index in [1.807, 2.05) is 6.07 Å².